The van der Waals surface area contributed by atoms with Crippen molar-refractivity contribution in [3.63, 3.8) is 0 Å². The molecule has 2 rings (SSSR count). The van der Waals surface area contributed by atoms with Crippen molar-refractivity contribution >= 4 is 46.4 Å². The highest BCUT2D eigenvalue weighted by Gasteiger charge is 2.19. The van der Waals surface area contributed by atoms with Crippen molar-refractivity contribution in [3.8, 4) is 0 Å². The van der Waals surface area contributed by atoms with Crippen molar-refractivity contribution in [1.82, 2.24) is 10.6 Å². The molecule has 0 aliphatic heterocycles. The molecule has 1 heterocycles. The van der Waals surface area contributed by atoms with Gasteiger partial charge in [0.05, 0.1) is 28.5 Å². The van der Waals surface area contributed by atoms with E-state index in [4.69, 9.17) is 23.2 Å². The fourth-order valence-corrected chi connectivity index (χ4v) is 3.39. The summed E-state index contributed by atoms with van der Waals surface area (Å²) in [6.07, 6.45) is 0.172. The van der Waals surface area contributed by atoms with Crippen LogP contribution in [0.1, 0.15) is 42.8 Å². The number of carbonyl (C=O) groups is 2. The lowest BCUT2D eigenvalue weighted by atomic mass is 10.1. The molecule has 0 saturated carbocycles. The average molecular weight is 385 g/mol. The van der Waals surface area contributed by atoms with Gasteiger partial charge in [-0.3, -0.25) is 9.59 Å². The van der Waals surface area contributed by atoms with Crippen molar-refractivity contribution in [3.05, 3.63) is 56.2 Å². The molecular weight excluding hydrogens is 367 g/mol. The zero-order valence-corrected chi connectivity index (χ0v) is 15.6. The molecule has 0 spiro atoms. The molecule has 2 amide bonds. The molecule has 4 nitrogen and oxygen atoms in total. The van der Waals surface area contributed by atoms with Crippen LogP contribution in [0.5, 0.6) is 0 Å². The van der Waals surface area contributed by atoms with Crippen LogP contribution in [0.25, 0.3) is 0 Å². The van der Waals surface area contributed by atoms with E-state index in [2.05, 4.69) is 10.6 Å². The van der Waals surface area contributed by atoms with Gasteiger partial charge in [0.15, 0.2) is 0 Å². The summed E-state index contributed by atoms with van der Waals surface area (Å²) < 4.78 is 0. The minimum absolute atomic E-state index is 0.152. The highest BCUT2D eigenvalue weighted by molar-refractivity contribution is 7.10. The van der Waals surface area contributed by atoms with Gasteiger partial charge in [0.25, 0.3) is 0 Å². The Labute approximate surface area is 155 Å². The van der Waals surface area contributed by atoms with Gasteiger partial charge in [-0.25, -0.2) is 0 Å². The first kappa shape index (κ1) is 18.8. The Morgan fingerprint density at radius 2 is 1.92 bits per heavy atom. The van der Waals surface area contributed by atoms with Gasteiger partial charge in [0.2, 0.25) is 11.8 Å². The predicted molar refractivity (Wildman–Crippen MR) is 98.5 cm³/mol. The van der Waals surface area contributed by atoms with E-state index in [1.54, 1.807) is 12.1 Å². The second kappa shape index (κ2) is 8.51. The molecule has 2 atom stereocenters. The third kappa shape index (κ3) is 5.23. The topological polar surface area (TPSA) is 58.2 Å². The second-order valence-electron chi connectivity index (χ2n) is 5.44. The van der Waals surface area contributed by atoms with Gasteiger partial charge in [-0.2, -0.15) is 0 Å². The number of thiophene rings is 1. The van der Waals surface area contributed by atoms with Gasteiger partial charge in [0.1, 0.15) is 0 Å². The van der Waals surface area contributed by atoms with E-state index >= 15 is 0 Å². The first-order valence-corrected chi connectivity index (χ1v) is 9.05. The first-order valence-electron chi connectivity index (χ1n) is 7.41. The van der Waals surface area contributed by atoms with E-state index in [9.17, 15) is 9.59 Å². The van der Waals surface area contributed by atoms with Crippen molar-refractivity contribution < 1.29 is 9.59 Å². The molecule has 0 aliphatic carbocycles. The summed E-state index contributed by atoms with van der Waals surface area (Å²) in [5.74, 6) is -0.320. The lowest BCUT2D eigenvalue weighted by Gasteiger charge is -2.19. The first-order chi connectivity index (χ1) is 11.4. The number of nitrogens with one attached hydrogen (secondary N) is 2. The van der Waals surface area contributed by atoms with Crippen molar-refractivity contribution in [2.75, 3.05) is 0 Å². The monoisotopic (exact) mass is 384 g/mol. The summed E-state index contributed by atoms with van der Waals surface area (Å²) in [5, 5.41) is 8.58. The average Bonchev–Trinajstić information content (AvgIpc) is 3.03. The Kier molecular flexibility index (Phi) is 6.66. The van der Waals surface area contributed by atoms with E-state index in [-0.39, 0.29) is 30.3 Å². The minimum atomic E-state index is -0.330. The lowest BCUT2D eigenvalue weighted by molar-refractivity contribution is -0.123. The number of hydrogen-bond donors (Lipinski definition) is 2. The molecule has 0 saturated heterocycles. The van der Waals surface area contributed by atoms with Crippen LogP contribution in [0.4, 0.5) is 0 Å². The summed E-state index contributed by atoms with van der Waals surface area (Å²) in [5.41, 5.74) is 0.866. The molecule has 0 radical (unpaired) electrons. The van der Waals surface area contributed by atoms with Crippen molar-refractivity contribution in [1.29, 1.82) is 0 Å². The van der Waals surface area contributed by atoms with Gasteiger partial charge in [-0.05, 0) is 36.1 Å². The number of rotatable bonds is 6. The Hall–Kier alpha value is -1.56. The smallest absolute Gasteiger partial charge is 0.222 e. The van der Waals surface area contributed by atoms with Crippen LogP contribution in [0.2, 0.25) is 10.0 Å². The number of hydrogen-bond acceptors (Lipinski definition) is 3. The highest BCUT2D eigenvalue weighted by atomic mass is 35.5. The summed E-state index contributed by atoms with van der Waals surface area (Å²) in [7, 11) is 0. The van der Waals surface area contributed by atoms with Gasteiger partial charge < -0.3 is 10.6 Å². The van der Waals surface area contributed by atoms with Gasteiger partial charge in [0, 0.05) is 11.8 Å². The van der Waals surface area contributed by atoms with Crippen LogP contribution >= 0.6 is 34.5 Å². The number of carbonyl (C=O) groups excluding carboxylic acids is 2. The van der Waals surface area contributed by atoms with Crippen LogP contribution in [0.15, 0.2) is 35.7 Å². The summed E-state index contributed by atoms with van der Waals surface area (Å²) >= 11 is 13.4. The van der Waals surface area contributed by atoms with Gasteiger partial charge in [-0.15, -0.1) is 11.3 Å². The normalized spacial score (nSPS) is 13.2. The van der Waals surface area contributed by atoms with Crippen molar-refractivity contribution in [2.24, 2.45) is 0 Å². The molecule has 0 unspecified atom stereocenters. The van der Waals surface area contributed by atoms with Crippen molar-refractivity contribution in [2.45, 2.75) is 32.4 Å². The number of halogens is 2. The summed E-state index contributed by atoms with van der Waals surface area (Å²) in [6.45, 7) is 3.31. The molecule has 7 heteroatoms. The zero-order chi connectivity index (χ0) is 17.7. The standard InChI is InChI=1S/C17H18Cl2N2O2S/c1-10(12-5-6-13(18)14(19)8-12)20-17(23)9-15(21-11(2)22)16-4-3-7-24-16/h3-8,10,15H,9H2,1-2H3,(H,20,23)(H,21,22)/t10-,15+/m1/s1. The predicted octanol–water partition coefficient (Wildman–Crippen LogP) is 4.50. The molecule has 1 aromatic heterocycles. The van der Waals surface area contributed by atoms with E-state index < -0.39 is 0 Å². The van der Waals surface area contributed by atoms with Crippen LogP contribution in [-0.4, -0.2) is 11.8 Å². The van der Waals surface area contributed by atoms with Crippen LogP contribution in [-0.2, 0) is 9.59 Å². The van der Waals surface area contributed by atoms with E-state index in [0.717, 1.165) is 10.4 Å². The third-order valence-electron chi connectivity index (χ3n) is 3.47. The quantitative estimate of drug-likeness (QED) is 0.769. The maximum absolute atomic E-state index is 12.3. The Morgan fingerprint density at radius 3 is 2.50 bits per heavy atom. The van der Waals surface area contributed by atoms with Crippen LogP contribution in [0.3, 0.4) is 0 Å². The van der Waals surface area contributed by atoms with Gasteiger partial charge in [-0.1, -0.05) is 35.3 Å². The SMILES string of the molecule is CC(=O)N[C@@H](CC(=O)N[C@H](C)c1ccc(Cl)c(Cl)c1)c1cccs1. The molecule has 0 aliphatic rings. The van der Waals surface area contributed by atoms with Crippen LogP contribution < -0.4 is 10.6 Å². The van der Waals surface area contributed by atoms with E-state index in [0.29, 0.717) is 10.0 Å². The molecule has 2 aromatic rings. The molecule has 128 valence electrons. The molecule has 1 aromatic carbocycles. The molecule has 2 N–H and O–H groups in total. The maximum atomic E-state index is 12.3. The number of benzene rings is 1. The molecule has 24 heavy (non-hydrogen) atoms. The molecule has 0 bridgehead atoms. The summed E-state index contributed by atoms with van der Waals surface area (Å²) in [4.78, 5) is 24.7. The number of amides is 2. The third-order valence-corrected chi connectivity index (χ3v) is 5.20. The largest absolute Gasteiger partial charge is 0.350 e. The van der Waals surface area contributed by atoms with Gasteiger partial charge >= 0.3 is 0 Å². The fraction of sp³-hybridized carbons (Fsp3) is 0.294. The van der Waals surface area contributed by atoms with E-state index in [1.807, 2.05) is 30.5 Å². The summed E-state index contributed by atoms with van der Waals surface area (Å²) in [6, 6.07) is 8.51. The Morgan fingerprint density at radius 1 is 1.17 bits per heavy atom. The molecule has 0 fully saturated rings. The lowest BCUT2D eigenvalue weighted by Crippen LogP contribution is -2.33. The van der Waals surface area contributed by atoms with E-state index in [1.165, 1.54) is 18.3 Å². The van der Waals surface area contributed by atoms with Crippen LogP contribution in [0, 0.1) is 0 Å². The Bertz CT molecular complexity index is 719. The second-order valence-corrected chi connectivity index (χ2v) is 7.23. The highest BCUT2D eigenvalue weighted by Crippen LogP contribution is 2.26. The maximum Gasteiger partial charge on any atom is 0.222 e. The minimum Gasteiger partial charge on any atom is -0.350 e. The fourth-order valence-electron chi connectivity index (χ4n) is 2.31. The zero-order valence-electron chi connectivity index (χ0n) is 13.3. The Balaban J connectivity index is 2.02. The molecular formula is C17H18Cl2N2O2S.